The smallest absolute Gasteiger partial charge is 0.275 e. The molecule has 3 rings (SSSR count). The number of hydrazone groups is 2. The highest BCUT2D eigenvalue weighted by atomic mass is 16.3. The molecule has 30 heavy (non-hydrogen) atoms. The van der Waals surface area contributed by atoms with E-state index in [9.17, 15) is 19.8 Å². The third-order valence-corrected chi connectivity index (χ3v) is 3.97. The molecule has 0 unspecified atom stereocenters. The Hall–Kier alpha value is -4.46. The molecular formula is C22H18N4O4. The topological polar surface area (TPSA) is 123 Å². The number of carbonyl (C=O) groups excluding carboxylic acids is 2. The van der Waals surface area contributed by atoms with Gasteiger partial charge in [0, 0.05) is 0 Å². The minimum Gasteiger partial charge on any atom is -0.507 e. The molecule has 0 bridgehead atoms. The van der Waals surface area contributed by atoms with E-state index in [4.69, 9.17) is 0 Å². The van der Waals surface area contributed by atoms with Gasteiger partial charge in [0.05, 0.1) is 23.6 Å². The van der Waals surface area contributed by atoms with Gasteiger partial charge in [-0.1, -0.05) is 42.5 Å². The van der Waals surface area contributed by atoms with Crippen molar-refractivity contribution in [2.45, 2.75) is 0 Å². The third-order valence-electron chi connectivity index (χ3n) is 3.97. The highest BCUT2D eigenvalue weighted by Crippen LogP contribution is 2.15. The van der Waals surface area contributed by atoms with E-state index in [0.717, 1.165) is 0 Å². The molecule has 0 saturated carbocycles. The first-order valence-electron chi connectivity index (χ1n) is 8.87. The van der Waals surface area contributed by atoms with Crippen molar-refractivity contribution < 1.29 is 19.8 Å². The molecule has 0 aromatic heterocycles. The van der Waals surface area contributed by atoms with E-state index < -0.39 is 11.8 Å². The van der Waals surface area contributed by atoms with Crippen LogP contribution in [0.25, 0.3) is 0 Å². The molecule has 150 valence electrons. The maximum absolute atomic E-state index is 12.0. The number of nitrogens with zero attached hydrogens (tertiary/aromatic N) is 2. The van der Waals surface area contributed by atoms with Crippen LogP contribution in [0.2, 0.25) is 0 Å². The predicted octanol–water partition coefficient (Wildman–Crippen LogP) is 2.63. The SMILES string of the molecule is O=C(NN=Cc1cccc(C=NNC(=O)c2ccccc2O)c1)c1ccccc1O. The zero-order chi connectivity index (χ0) is 21.3. The number of phenolic OH excluding ortho intramolecular Hbond substituents is 2. The minimum absolute atomic E-state index is 0.121. The predicted molar refractivity (Wildman–Crippen MR) is 113 cm³/mol. The summed E-state index contributed by atoms with van der Waals surface area (Å²) in [4.78, 5) is 24.0. The van der Waals surface area contributed by atoms with E-state index in [1.165, 1.54) is 36.7 Å². The summed E-state index contributed by atoms with van der Waals surface area (Å²) in [7, 11) is 0. The number of rotatable bonds is 6. The molecule has 0 spiro atoms. The van der Waals surface area contributed by atoms with E-state index in [1.54, 1.807) is 48.5 Å². The van der Waals surface area contributed by atoms with Gasteiger partial charge in [-0.05, 0) is 41.5 Å². The summed E-state index contributed by atoms with van der Waals surface area (Å²) in [5.41, 5.74) is 6.30. The second-order valence-corrected chi connectivity index (χ2v) is 6.10. The van der Waals surface area contributed by atoms with Crippen molar-refractivity contribution in [3.63, 3.8) is 0 Å². The fourth-order valence-electron chi connectivity index (χ4n) is 2.50. The highest BCUT2D eigenvalue weighted by Gasteiger charge is 2.09. The maximum atomic E-state index is 12.0. The van der Waals surface area contributed by atoms with Crippen LogP contribution in [0.3, 0.4) is 0 Å². The molecule has 0 heterocycles. The summed E-state index contributed by atoms with van der Waals surface area (Å²) in [6.07, 6.45) is 2.88. The lowest BCUT2D eigenvalue weighted by Crippen LogP contribution is -2.17. The molecule has 0 saturated heterocycles. The monoisotopic (exact) mass is 402 g/mol. The Kier molecular flexibility index (Phi) is 6.52. The molecule has 0 fully saturated rings. The molecule has 0 radical (unpaired) electrons. The van der Waals surface area contributed by atoms with E-state index in [0.29, 0.717) is 11.1 Å². The van der Waals surface area contributed by atoms with Crippen molar-refractivity contribution in [3.8, 4) is 11.5 Å². The highest BCUT2D eigenvalue weighted by molar-refractivity contribution is 5.98. The van der Waals surface area contributed by atoms with Crippen molar-refractivity contribution in [2.24, 2.45) is 10.2 Å². The molecule has 8 nitrogen and oxygen atoms in total. The molecule has 8 heteroatoms. The number of hydrogen-bond acceptors (Lipinski definition) is 6. The number of nitrogens with one attached hydrogen (secondary N) is 2. The van der Waals surface area contributed by atoms with E-state index in [-0.39, 0.29) is 22.6 Å². The van der Waals surface area contributed by atoms with Gasteiger partial charge in [-0.2, -0.15) is 10.2 Å². The normalized spacial score (nSPS) is 10.9. The van der Waals surface area contributed by atoms with Crippen LogP contribution in [0, 0.1) is 0 Å². The average molecular weight is 402 g/mol. The van der Waals surface area contributed by atoms with Crippen molar-refractivity contribution in [1.29, 1.82) is 0 Å². The largest absolute Gasteiger partial charge is 0.507 e. The lowest BCUT2D eigenvalue weighted by Gasteiger charge is -2.02. The number of phenols is 2. The van der Waals surface area contributed by atoms with Crippen molar-refractivity contribution in [3.05, 3.63) is 95.1 Å². The molecule has 0 aliphatic heterocycles. The van der Waals surface area contributed by atoms with Crippen LogP contribution in [-0.2, 0) is 0 Å². The Morgan fingerprint density at radius 2 is 1.10 bits per heavy atom. The van der Waals surface area contributed by atoms with Crippen molar-refractivity contribution in [2.75, 3.05) is 0 Å². The molecular weight excluding hydrogens is 384 g/mol. The molecule has 0 aliphatic carbocycles. The molecule has 0 aliphatic rings. The van der Waals surface area contributed by atoms with E-state index in [2.05, 4.69) is 21.1 Å². The van der Waals surface area contributed by atoms with Crippen LogP contribution in [0.5, 0.6) is 11.5 Å². The minimum atomic E-state index is -0.533. The quantitative estimate of drug-likeness (QED) is 0.374. The van der Waals surface area contributed by atoms with E-state index >= 15 is 0 Å². The van der Waals surface area contributed by atoms with Crippen LogP contribution >= 0.6 is 0 Å². The summed E-state index contributed by atoms with van der Waals surface area (Å²) < 4.78 is 0. The van der Waals surface area contributed by atoms with Gasteiger partial charge in [-0.25, -0.2) is 10.9 Å². The number of hydrogen-bond donors (Lipinski definition) is 4. The fourth-order valence-corrected chi connectivity index (χ4v) is 2.50. The third kappa shape index (κ3) is 5.29. The van der Waals surface area contributed by atoms with Gasteiger partial charge < -0.3 is 10.2 Å². The van der Waals surface area contributed by atoms with Gasteiger partial charge in [0.2, 0.25) is 0 Å². The summed E-state index contributed by atoms with van der Waals surface area (Å²) in [6.45, 7) is 0. The van der Waals surface area contributed by atoms with Crippen LogP contribution in [0.15, 0.2) is 83.0 Å². The first-order chi connectivity index (χ1) is 14.5. The van der Waals surface area contributed by atoms with Crippen LogP contribution in [0.4, 0.5) is 0 Å². The molecule has 4 N–H and O–H groups in total. The first kappa shape index (κ1) is 20.3. The number of para-hydroxylation sites is 2. The summed E-state index contributed by atoms with van der Waals surface area (Å²) in [5.74, 6) is -1.33. The van der Waals surface area contributed by atoms with Crippen molar-refractivity contribution >= 4 is 24.2 Å². The number of amides is 2. The van der Waals surface area contributed by atoms with Crippen molar-refractivity contribution in [1.82, 2.24) is 10.9 Å². The van der Waals surface area contributed by atoms with Gasteiger partial charge >= 0.3 is 0 Å². The van der Waals surface area contributed by atoms with Gasteiger partial charge in [0.25, 0.3) is 11.8 Å². The van der Waals surface area contributed by atoms with Gasteiger partial charge in [0.1, 0.15) is 11.5 Å². The Morgan fingerprint density at radius 1 is 0.667 bits per heavy atom. The van der Waals surface area contributed by atoms with Gasteiger partial charge in [-0.15, -0.1) is 0 Å². The molecule has 2 amide bonds. The Morgan fingerprint density at radius 3 is 1.53 bits per heavy atom. The number of aromatic hydroxyl groups is 2. The summed E-state index contributed by atoms with van der Waals surface area (Å²) >= 11 is 0. The maximum Gasteiger partial charge on any atom is 0.275 e. The summed E-state index contributed by atoms with van der Waals surface area (Å²) in [5, 5.41) is 27.1. The Bertz CT molecular complexity index is 1040. The zero-order valence-corrected chi connectivity index (χ0v) is 15.7. The molecule has 3 aromatic rings. The van der Waals surface area contributed by atoms with Gasteiger partial charge in [-0.3, -0.25) is 9.59 Å². The van der Waals surface area contributed by atoms with E-state index in [1.807, 2.05) is 0 Å². The number of benzene rings is 3. The van der Waals surface area contributed by atoms with Crippen LogP contribution in [0.1, 0.15) is 31.8 Å². The Balaban J connectivity index is 1.59. The first-order valence-corrected chi connectivity index (χ1v) is 8.87. The molecule has 0 atom stereocenters. The number of carbonyl (C=O) groups is 2. The van der Waals surface area contributed by atoms with Gasteiger partial charge in [0.15, 0.2) is 0 Å². The van der Waals surface area contributed by atoms with Crippen LogP contribution < -0.4 is 10.9 Å². The van der Waals surface area contributed by atoms with Crippen LogP contribution in [-0.4, -0.2) is 34.5 Å². The Labute approximate surface area is 172 Å². The summed E-state index contributed by atoms with van der Waals surface area (Å²) in [6, 6.07) is 19.4. The molecule has 3 aromatic carbocycles. The lowest BCUT2D eigenvalue weighted by atomic mass is 10.1. The second-order valence-electron chi connectivity index (χ2n) is 6.10. The lowest BCUT2D eigenvalue weighted by molar-refractivity contribution is 0.0944. The average Bonchev–Trinajstić information content (AvgIpc) is 2.74. The second kappa shape index (κ2) is 9.65. The zero-order valence-electron chi connectivity index (χ0n) is 15.7. The fraction of sp³-hybridized carbons (Fsp3) is 0. The standard InChI is InChI=1S/C22H18N4O4/c27-19-10-3-1-8-17(19)21(29)25-23-13-15-6-5-7-16(12-15)14-24-26-22(30)18-9-2-4-11-20(18)28/h1-14,27-28H,(H,25,29)(H,26,30).